The van der Waals surface area contributed by atoms with Crippen LogP contribution >= 0.6 is 11.6 Å². The van der Waals surface area contributed by atoms with E-state index in [1.54, 1.807) is 29.4 Å². The van der Waals surface area contributed by atoms with Gasteiger partial charge in [-0.3, -0.25) is 9.59 Å². The fourth-order valence-corrected chi connectivity index (χ4v) is 4.84. The Kier molecular flexibility index (Phi) is 6.56. The third kappa shape index (κ3) is 4.74. The molecule has 2 aromatic carbocycles. The van der Waals surface area contributed by atoms with Gasteiger partial charge in [0.2, 0.25) is 5.91 Å². The summed E-state index contributed by atoms with van der Waals surface area (Å²) in [6, 6.07) is 22.7. The molecule has 0 radical (unpaired) electrons. The molecule has 0 saturated carbocycles. The third-order valence-corrected chi connectivity index (χ3v) is 7.18. The van der Waals surface area contributed by atoms with Crippen LogP contribution in [0.5, 0.6) is 0 Å². The quantitative estimate of drug-likeness (QED) is 0.366. The number of aromatic nitrogens is 1. The highest BCUT2D eigenvalue weighted by Crippen LogP contribution is 2.34. The predicted octanol–water partition coefficient (Wildman–Crippen LogP) is 5.20. The number of carbonyl (C=O) groups excluding carboxylic acids is 2. The first-order valence-corrected chi connectivity index (χ1v) is 12.5. The number of nitrogens with one attached hydrogen (secondary N) is 1. The Bertz CT molecular complexity index is 1410. The van der Waals surface area contributed by atoms with Gasteiger partial charge >= 0.3 is 0 Å². The maximum absolute atomic E-state index is 13.9. The van der Waals surface area contributed by atoms with Crippen LogP contribution in [-0.2, 0) is 24.4 Å². The zero-order valence-electron chi connectivity index (χ0n) is 21.1. The Balaban J connectivity index is 1.49. The van der Waals surface area contributed by atoms with Gasteiger partial charge < -0.3 is 24.1 Å². The molecule has 0 saturated heterocycles. The van der Waals surface area contributed by atoms with Crippen molar-refractivity contribution >= 4 is 29.1 Å². The number of benzene rings is 2. The van der Waals surface area contributed by atoms with Gasteiger partial charge in [0.1, 0.15) is 17.0 Å². The van der Waals surface area contributed by atoms with Crippen molar-refractivity contribution in [3.05, 3.63) is 101 Å². The number of hydrogen-bond donors (Lipinski definition) is 1. The van der Waals surface area contributed by atoms with E-state index >= 15 is 0 Å². The number of anilines is 1. The number of amides is 2. The molecule has 0 bridgehead atoms. The van der Waals surface area contributed by atoms with Crippen molar-refractivity contribution in [3.63, 3.8) is 0 Å². The lowest BCUT2D eigenvalue weighted by atomic mass is 9.93. The highest BCUT2D eigenvalue weighted by atomic mass is 35.5. The van der Waals surface area contributed by atoms with Gasteiger partial charge in [0, 0.05) is 37.9 Å². The molecule has 37 heavy (non-hydrogen) atoms. The standard InChI is InChI=1S/C29H29ClN4O3/c1-29(28(36)31-17-20-6-10-22(30)11-7-20)19-33-24(26-5-4-16-37-26)14-15-25(33)27(35)34(29)18-21-8-12-23(13-9-21)32(2)3/h4-16H,17-19H2,1-3H3,(H,31,36)/t29-/m1/s1. The fraction of sp³-hybridized carbons (Fsp3) is 0.241. The van der Waals surface area contributed by atoms with E-state index in [4.69, 9.17) is 16.0 Å². The number of hydrogen-bond acceptors (Lipinski definition) is 4. The van der Waals surface area contributed by atoms with Gasteiger partial charge in [-0.2, -0.15) is 0 Å². The number of rotatable bonds is 7. The first-order chi connectivity index (χ1) is 17.8. The zero-order valence-corrected chi connectivity index (χ0v) is 21.8. The first-order valence-electron chi connectivity index (χ1n) is 12.1. The van der Waals surface area contributed by atoms with E-state index in [-0.39, 0.29) is 11.8 Å². The number of nitrogens with zero attached hydrogens (tertiary/aromatic N) is 3. The molecule has 0 fully saturated rings. The minimum Gasteiger partial charge on any atom is -0.463 e. The van der Waals surface area contributed by atoms with E-state index in [1.165, 1.54) is 0 Å². The van der Waals surface area contributed by atoms with Crippen LogP contribution in [0.2, 0.25) is 5.02 Å². The number of carbonyl (C=O) groups is 2. The van der Waals surface area contributed by atoms with E-state index in [1.807, 2.05) is 85.1 Å². The van der Waals surface area contributed by atoms with Gasteiger partial charge in [0.15, 0.2) is 0 Å². The Morgan fingerprint density at radius 1 is 1.00 bits per heavy atom. The molecular weight excluding hydrogens is 488 g/mol. The summed E-state index contributed by atoms with van der Waals surface area (Å²) in [6.45, 7) is 2.75. The van der Waals surface area contributed by atoms with E-state index in [0.717, 1.165) is 22.5 Å². The summed E-state index contributed by atoms with van der Waals surface area (Å²) in [5.74, 6) is 0.214. The Hall–Kier alpha value is -3.97. The average molecular weight is 517 g/mol. The van der Waals surface area contributed by atoms with Crippen LogP contribution in [-0.4, -0.2) is 40.9 Å². The van der Waals surface area contributed by atoms with Crippen LogP contribution in [0, 0.1) is 0 Å². The molecule has 4 aromatic rings. The van der Waals surface area contributed by atoms with Gasteiger partial charge in [-0.1, -0.05) is 35.9 Å². The summed E-state index contributed by atoms with van der Waals surface area (Å²) in [5.41, 5.74) is 3.08. The van der Waals surface area contributed by atoms with Gasteiger partial charge in [0.25, 0.3) is 5.91 Å². The lowest BCUT2D eigenvalue weighted by molar-refractivity contribution is -0.133. The van der Waals surface area contributed by atoms with Crippen molar-refractivity contribution in [2.45, 2.75) is 32.1 Å². The van der Waals surface area contributed by atoms with Crippen LogP contribution in [0.4, 0.5) is 5.69 Å². The largest absolute Gasteiger partial charge is 0.463 e. The average Bonchev–Trinajstić information content (AvgIpc) is 3.56. The monoisotopic (exact) mass is 516 g/mol. The number of fused-ring (bicyclic) bond motifs is 1. The second-order valence-corrected chi connectivity index (χ2v) is 10.1. The van der Waals surface area contributed by atoms with Crippen molar-refractivity contribution in [1.82, 2.24) is 14.8 Å². The van der Waals surface area contributed by atoms with E-state index < -0.39 is 5.54 Å². The van der Waals surface area contributed by atoms with Gasteiger partial charge in [-0.25, -0.2) is 0 Å². The maximum Gasteiger partial charge on any atom is 0.271 e. The van der Waals surface area contributed by atoms with Gasteiger partial charge in [-0.05, 0) is 66.6 Å². The first kappa shape index (κ1) is 24.7. The van der Waals surface area contributed by atoms with Gasteiger partial charge in [-0.15, -0.1) is 0 Å². The second kappa shape index (κ2) is 9.82. The highest BCUT2D eigenvalue weighted by molar-refractivity contribution is 6.30. The Labute approximate surface area is 221 Å². The molecular formula is C29H29ClN4O3. The molecule has 2 aromatic heterocycles. The molecule has 1 N–H and O–H groups in total. The summed E-state index contributed by atoms with van der Waals surface area (Å²) in [7, 11) is 3.96. The van der Waals surface area contributed by atoms with Crippen molar-refractivity contribution in [3.8, 4) is 11.5 Å². The van der Waals surface area contributed by atoms with Crippen LogP contribution in [0.15, 0.2) is 83.5 Å². The summed E-state index contributed by atoms with van der Waals surface area (Å²) in [5, 5.41) is 3.68. The molecule has 3 heterocycles. The van der Waals surface area contributed by atoms with Crippen LogP contribution in [0.25, 0.3) is 11.5 Å². The van der Waals surface area contributed by atoms with E-state index in [0.29, 0.717) is 36.1 Å². The molecule has 0 unspecified atom stereocenters. The van der Waals surface area contributed by atoms with Crippen molar-refractivity contribution in [2.24, 2.45) is 0 Å². The molecule has 7 nitrogen and oxygen atoms in total. The Morgan fingerprint density at radius 3 is 2.32 bits per heavy atom. The summed E-state index contributed by atoms with van der Waals surface area (Å²) >= 11 is 6.01. The highest BCUT2D eigenvalue weighted by Gasteiger charge is 2.47. The molecule has 8 heteroatoms. The number of furan rings is 1. The van der Waals surface area contributed by atoms with Crippen molar-refractivity contribution < 1.29 is 14.0 Å². The molecule has 190 valence electrons. The summed E-state index contributed by atoms with van der Waals surface area (Å²) in [4.78, 5) is 31.4. The minimum absolute atomic E-state index is 0.204. The minimum atomic E-state index is -1.14. The SMILES string of the molecule is CN(C)c1ccc(CN2C(=O)c3ccc(-c4ccco4)n3C[C@]2(C)C(=O)NCc2ccc(Cl)cc2)cc1. The van der Waals surface area contributed by atoms with E-state index in [9.17, 15) is 9.59 Å². The summed E-state index contributed by atoms with van der Waals surface area (Å²) in [6.07, 6.45) is 1.60. The topological polar surface area (TPSA) is 70.7 Å². The molecule has 0 aliphatic carbocycles. The second-order valence-electron chi connectivity index (χ2n) is 9.70. The molecule has 1 atom stereocenters. The third-order valence-electron chi connectivity index (χ3n) is 6.93. The normalized spacial score (nSPS) is 17.0. The molecule has 1 aliphatic heterocycles. The maximum atomic E-state index is 13.9. The molecule has 1 aliphatic rings. The lowest BCUT2D eigenvalue weighted by Crippen LogP contribution is -2.63. The fourth-order valence-electron chi connectivity index (χ4n) is 4.72. The summed E-state index contributed by atoms with van der Waals surface area (Å²) < 4.78 is 7.50. The zero-order chi connectivity index (χ0) is 26.2. The van der Waals surface area contributed by atoms with Crippen molar-refractivity contribution in [2.75, 3.05) is 19.0 Å². The van der Waals surface area contributed by atoms with Crippen LogP contribution < -0.4 is 10.2 Å². The molecule has 0 spiro atoms. The van der Waals surface area contributed by atoms with Crippen LogP contribution in [0.3, 0.4) is 0 Å². The number of halogens is 1. The van der Waals surface area contributed by atoms with Crippen LogP contribution in [0.1, 0.15) is 28.5 Å². The smallest absolute Gasteiger partial charge is 0.271 e. The molecule has 2 amide bonds. The predicted molar refractivity (Wildman–Crippen MR) is 144 cm³/mol. The lowest BCUT2D eigenvalue weighted by Gasteiger charge is -2.44. The molecule has 5 rings (SSSR count). The van der Waals surface area contributed by atoms with Gasteiger partial charge in [0.05, 0.1) is 18.5 Å². The van der Waals surface area contributed by atoms with E-state index in [2.05, 4.69) is 5.32 Å². The van der Waals surface area contributed by atoms with Crippen molar-refractivity contribution in [1.29, 1.82) is 0 Å². The Morgan fingerprint density at radius 2 is 1.68 bits per heavy atom.